The highest BCUT2D eigenvalue weighted by atomic mass is 32.1. The zero-order valence-electron chi connectivity index (χ0n) is 12.9. The maximum atomic E-state index is 12.8. The van der Waals surface area contributed by atoms with Crippen LogP contribution in [0, 0.1) is 5.92 Å². The van der Waals surface area contributed by atoms with Gasteiger partial charge in [-0.2, -0.15) is 0 Å². The van der Waals surface area contributed by atoms with Crippen molar-refractivity contribution in [2.24, 2.45) is 5.92 Å². The molecule has 2 aliphatic rings. The first-order valence-electron chi connectivity index (χ1n) is 7.78. The predicted octanol–water partition coefficient (Wildman–Crippen LogP) is 1.72. The Morgan fingerprint density at radius 1 is 1.39 bits per heavy atom. The lowest BCUT2D eigenvalue weighted by Gasteiger charge is -2.34. The molecular formula is C17H20N2O3S. The van der Waals surface area contributed by atoms with E-state index in [0.29, 0.717) is 17.8 Å². The monoisotopic (exact) mass is 332 g/mol. The Labute approximate surface area is 139 Å². The fourth-order valence-electron chi connectivity index (χ4n) is 3.21. The second-order valence-corrected chi connectivity index (χ2v) is 6.80. The van der Waals surface area contributed by atoms with E-state index in [1.165, 1.54) is 16.2 Å². The Morgan fingerprint density at radius 3 is 2.87 bits per heavy atom. The molecule has 0 aliphatic carbocycles. The van der Waals surface area contributed by atoms with Crippen LogP contribution < -0.4 is 0 Å². The zero-order valence-corrected chi connectivity index (χ0v) is 13.7. The molecule has 1 atom stereocenters. The number of amides is 2. The van der Waals surface area contributed by atoms with E-state index >= 15 is 0 Å². The van der Waals surface area contributed by atoms with E-state index in [9.17, 15) is 14.7 Å². The molecule has 0 saturated carbocycles. The molecule has 2 aliphatic heterocycles. The topological polar surface area (TPSA) is 60.9 Å². The number of piperidine rings is 1. The van der Waals surface area contributed by atoms with Gasteiger partial charge in [0.05, 0.1) is 5.57 Å². The molecule has 1 unspecified atom stereocenters. The molecule has 1 fully saturated rings. The highest BCUT2D eigenvalue weighted by Gasteiger charge is 2.42. The summed E-state index contributed by atoms with van der Waals surface area (Å²) in [4.78, 5) is 29.6. The lowest BCUT2D eigenvalue weighted by atomic mass is 9.98. The summed E-state index contributed by atoms with van der Waals surface area (Å²) in [6.07, 6.45) is 3.43. The van der Waals surface area contributed by atoms with Crippen LogP contribution in [0.1, 0.15) is 17.7 Å². The Kier molecular flexibility index (Phi) is 4.63. The third kappa shape index (κ3) is 2.84. The Morgan fingerprint density at radius 2 is 2.22 bits per heavy atom. The molecule has 1 aromatic rings. The Hall–Kier alpha value is -1.92. The summed E-state index contributed by atoms with van der Waals surface area (Å²) in [5, 5.41) is 11.3. The van der Waals surface area contributed by atoms with Crippen molar-refractivity contribution in [1.29, 1.82) is 0 Å². The second-order valence-electron chi connectivity index (χ2n) is 5.85. The molecule has 0 aromatic carbocycles. The van der Waals surface area contributed by atoms with Crippen LogP contribution >= 0.6 is 11.3 Å². The highest BCUT2D eigenvalue weighted by Crippen LogP contribution is 2.35. The van der Waals surface area contributed by atoms with Crippen molar-refractivity contribution in [3.8, 4) is 0 Å². The van der Waals surface area contributed by atoms with Gasteiger partial charge in [0.1, 0.15) is 5.70 Å². The van der Waals surface area contributed by atoms with Crippen molar-refractivity contribution >= 4 is 28.7 Å². The third-order valence-electron chi connectivity index (χ3n) is 4.32. The van der Waals surface area contributed by atoms with Crippen LogP contribution in [-0.2, 0) is 9.59 Å². The number of carbonyl (C=O) groups excluding carboxylic acids is 2. The van der Waals surface area contributed by atoms with Gasteiger partial charge in [0.25, 0.3) is 11.8 Å². The van der Waals surface area contributed by atoms with Crippen molar-refractivity contribution in [1.82, 2.24) is 9.80 Å². The molecule has 0 bridgehead atoms. The van der Waals surface area contributed by atoms with E-state index in [-0.39, 0.29) is 30.9 Å². The molecular weight excluding hydrogens is 312 g/mol. The van der Waals surface area contributed by atoms with Crippen LogP contribution in [0.15, 0.2) is 35.9 Å². The largest absolute Gasteiger partial charge is 0.396 e. The average Bonchev–Trinajstić information content (AvgIpc) is 3.17. The van der Waals surface area contributed by atoms with Crippen LogP contribution in [0.25, 0.3) is 5.57 Å². The standard InChI is InChI=1S/C17H20N2O3S/c1-2-7-19-16(21)14(13-6-4-9-23-13)15(17(19)22)18-8-3-5-12(10-18)11-20/h2,4,6,9,12,20H,1,3,5,7-8,10-11H2. The van der Waals surface area contributed by atoms with Gasteiger partial charge in [-0.15, -0.1) is 17.9 Å². The first-order chi connectivity index (χ1) is 11.2. The van der Waals surface area contributed by atoms with Gasteiger partial charge < -0.3 is 10.0 Å². The summed E-state index contributed by atoms with van der Waals surface area (Å²) in [5.41, 5.74) is 0.975. The molecule has 0 spiro atoms. The van der Waals surface area contributed by atoms with Gasteiger partial charge in [0.2, 0.25) is 0 Å². The number of aliphatic hydroxyl groups excluding tert-OH is 1. The number of hydrogen-bond donors (Lipinski definition) is 1. The molecule has 1 aromatic heterocycles. The first-order valence-corrected chi connectivity index (χ1v) is 8.66. The van der Waals surface area contributed by atoms with Crippen molar-refractivity contribution in [2.75, 3.05) is 26.2 Å². The van der Waals surface area contributed by atoms with E-state index in [0.717, 1.165) is 24.3 Å². The Balaban J connectivity index is 2.02. The normalized spacial score (nSPS) is 22.2. The van der Waals surface area contributed by atoms with Gasteiger partial charge in [-0.25, -0.2) is 0 Å². The van der Waals surface area contributed by atoms with Gasteiger partial charge in [-0.1, -0.05) is 12.1 Å². The molecule has 2 amide bonds. The lowest BCUT2D eigenvalue weighted by Crippen LogP contribution is -2.40. The van der Waals surface area contributed by atoms with Crippen LogP contribution in [0.5, 0.6) is 0 Å². The molecule has 6 heteroatoms. The fourth-order valence-corrected chi connectivity index (χ4v) is 3.97. The summed E-state index contributed by atoms with van der Waals surface area (Å²) >= 11 is 1.46. The molecule has 23 heavy (non-hydrogen) atoms. The highest BCUT2D eigenvalue weighted by molar-refractivity contribution is 7.11. The van der Waals surface area contributed by atoms with Crippen LogP contribution in [0.4, 0.5) is 0 Å². The van der Waals surface area contributed by atoms with E-state index in [4.69, 9.17) is 0 Å². The number of aliphatic hydroxyl groups is 1. The summed E-state index contributed by atoms with van der Waals surface area (Å²) in [6, 6.07) is 3.75. The predicted molar refractivity (Wildman–Crippen MR) is 89.5 cm³/mol. The number of nitrogens with zero attached hydrogens (tertiary/aromatic N) is 2. The van der Waals surface area contributed by atoms with E-state index in [1.807, 2.05) is 22.4 Å². The molecule has 122 valence electrons. The van der Waals surface area contributed by atoms with Crippen molar-refractivity contribution in [3.05, 3.63) is 40.7 Å². The molecule has 1 N–H and O–H groups in total. The summed E-state index contributed by atoms with van der Waals surface area (Å²) in [7, 11) is 0. The molecule has 5 nitrogen and oxygen atoms in total. The van der Waals surface area contributed by atoms with Crippen molar-refractivity contribution in [3.63, 3.8) is 0 Å². The van der Waals surface area contributed by atoms with Gasteiger partial charge in [0.15, 0.2) is 0 Å². The van der Waals surface area contributed by atoms with Gasteiger partial charge in [-0.05, 0) is 30.2 Å². The fraction of sp³-hybridized carbons (Fsp3) is 0.412. The second kappa shape index (κ2) is 6.68. The van der Waals surface area contributed by atoms with Crippen molar-refractivity contribution in [2.45, 2.75) is 12.8 Å². The maximum Gasteiger partial charge on any atom is 0.278 e. The third-order valence-corrected chi connectivity index (χ3v) is 5.20. The van der Waals surface area contributed by atoms with Gasteiger partial charge >= 0.3 is 0 Å². The molecule has 3 heterocycles. The van der Waals surface area contributed by atoms with E-state index in [1.54, 1.807) is 6.08 Å². The van der Waals surface area contributed by atoms with Crippen LogP contribution in [-0.4, -0.2) is 53.0 Å². The summed E-state index contributed by atoms with van der Waals surface area (Å²) < 4.78 is 0. The van der Waals surface area contributed by atoms with Gasteiger partial charge in [0, 0.05) is 31.1 Å². The smallest absolute Gasteiger partial charge is 0.278 e. The Bertz CT molecular complexity index is 651. The zero-order chi connectivity index (χ0) is 16.4. The van der Waals surface area contributed by atoms with E-state index < -0.39 is 0 Å². The number of hydrogen-bond acceptors (Lipinski definition) is 5. The maximum absolute atomic E-state index is 12.8. The number of thiophene rings is 1. The number of imide groups is 1. The molecule has 1 saturated heterocycles. The van der Waals surface area contributed by atoms with Crippen LogP contribution in [0.2, 0.25) is 0 Å². The minimum atomic E-state index is -0.253. The number of rotatable bonds is 5. The minimum absolute atomic E-state index is 0.108. The molecule has 3 rings (SSSR count). The average molecular weight is 332 g/mol. The summed E-state index contributed by atoms with van der Waals surface area (Å²) in [5.74, 6) is -0.354. The molecule has 0 radical (unpaired) electrons. The summed E-state index contributed by atoms with van der Waals surface area (Å²) in [6.45, 7) is 5.31. The van der Waals surface area contributed by atoms with Gasteiger partial charge in [-0.3, -0.25) is 14.5 Å². The SMILES string of the molecule is C=CCN1C(=O)C(c2cccs2)=C(N2CCCC(CO)C2)C1=O. The van der Waals surface area contributed by atoms with E-state index in [2.05, 4.69) is 6.58 Å². The minimum Gasteiger partial charge on any atom is -0.396 e. The quantitative estimate of drug-likeness (QED) is 0.659. The number of carbonyl (C=O) groups is 2. The lowest BCUT2D eigenvalue weighted by molar-refractivity contribution is -0.137. The first kappa shape index (κ1) is 16.0. The number of likely N-dealkylation sites (tertiary alicyclic amines) is 1. The van der Waals surface area contributed by atoms with Crippen molar-refractivity contribution < 1.29 is 14.7 Å². The van der Waals surface area contributed by atoms with Crippen LogP contribution in [0.3, 0.4) is 0 Å².